The molecule has 0 aromatic carbocycles. The van der Waals surface area contributed by atoms with Crippen molar-refractivity contribution in [1.29, 1.82) is 0 Å². The van der Waals surface area contributed by atoms with Gasteiger partial charge in [-0.2, -0.15) is 0 Å². The number of nitrogens with zero attached hydrogens (tertiary/aromatic N) is 1. The quantitative estimate of drug-likeness (QED) is 0.516. The Morgan fingerprint density at radius 2 is 2.40 bits per heavy atom. The summed E-state index contributed by atoms with van der Waals surface area (Å²) in [6.07, 6.45) is 0.614. The summed E-state index contributed by atoms with van der Waals surface area (Å²) in [6.45, 7) is 4.90. The van der Waals surface area contributed by atoms with Crippen molar-refractivity contribution in [2.45, 2.75) is 25.5 Å². The summed E-state index contributed by atoms with van der Waals surface area (Å²) in [5.74, 6) is 0. The maximum Gasteiger partial charge on any atom is 0.0818 e. The third kappa shape index (κ3) is 1.68. The highest BCUT2D eigenvalue weighted by Gasteiger charge is 2.22. The van der Waals surface area contributed by atoms with E-state index in [-0.39, 0.29) is 12.1 Å². The molecule has 3 nitrogen and oxygen atoms in total. The lowest BCUT2D eigenvalue weighted by Crippen LogP contribution is -2.50. The zero-order valence-electron chi connectivity index (χ0n) is 6.45. The smallest absolute Gasteiger partial charge is 0.0818 e. The molecule has 0 amide bonds. The predicted octanol–water partition coefficient (Wildman–Crippen LogP) is -0.600. The molecule has 1 aliphatic heterocycles. The fraction of sp³-hybridized carbons (Fsp3) is 1.00. The van der Waals surface area contributed by atoms with E-state index in [2.05, 4.69) is 11.8 Å². The Balaban J connectivity index is 2.33. The maximum atomic E-state index is 9.31. The average molecular weight is 144 g/mol. The fourth-order valence-electron chi connectivity index (χ4n) is 1.30. The van der Waals surface area contributed by atoms with Crippen molar-refractivity contribution in [1.82, 2.24) is 4.90 Å². The first-order valence-electron chi connectivity index (χ1n) is 3.90. The van der Waals surface area contributed by atoms with Gasteiger partial charge >= 0.3 is 0 Å². The minimum absolute atomic E-state index is 0.00259. The minimum Gasteiger partial charge on any atom is -0.390 e. The first-order chi connectivity index (χ1) is 4.74. The van der Waals surface area contributed by atoms with Gasteiger partial charge in [-0.25, -0.2) is 0 Å². The highest BCUT2D eigenvalue weighted by atomic mass is 16.3. The van der Waals surface area contributed by atoms with E-state index >= 15 is 0 Å². The van der Waals surface area contributed by atoms with E-state index in [0.717, 1.165) is 26.1 Å². The number of nitrogens with two attached hydrogens (primary N) is 1. The topological polar surface area (TPSA) is 49.5 Å². The molecular formula is C7H16N2O. The van der Waals surface area contributed by atoms with Gasteiger partial charge in [-0.15, -0.1) is 0 Å². The molecule has 1 heterocycles. The van der Waals surface area contributed by atoms with Gasteiger partial charge < -0.3 is 15.7 Å². The fourth-order valence-corrected chi connectivity index (χ4v) is 1.30. The molecule has 3 N–H and O–H groups in total. The molecular weight excluding hydrogens is 128 g/mol. The van der Waals surface area contributed by atoms with Crippen molar-refractivity contribution in [3.63, 3.8) is 0 Å². The third-order valence-electron chi connectivity index (χ3n) is 2.17. The van der Waals surface area contributed by atoms with Crippen LogP contribution in [0.4, 0.5) is 0 Å². The van der Waals surface area contributed by atoms with E-state index in [9.17, 15) is 5.11 Å². The van der Waals surface area contributed by atoms with E-state index in [0.29, 0.717) is 0 Å². The number of likely N-dealkylation sites (N-methyl/N-ethyl adjacent to an activating group) is 1. The molecule has 0 aromatic heterocycles. The molecule has 2 atom stereocenters. The largest absolute Gasteiger partial charge is 0.390 e. The molecule has 1 saturated heterocycles. The Morgan fingerprint density at radius 3 is 2.90 bits per heavy atom. The Hall–Kier alpha value is -0.120. The van der Waals surface area contributed by atoms with Crippen molar-refractivity contribution in [3.8, 4) is 0 Å². The zero-order chi connectivity index (χ0) is 7.56. The summed E-state index contributed by atoms with van der Waals surface area (Å²) in [4.78, 5) is 2.22. The number of hydrogen-bond donors (Lipinski definition) is 2. The van der Waals surface area contributed by atoms with E-state index in [4.69, 9.17) is 5.73 Å². The van der Waals surface area contributed by atoms with Crippen LogP contribution in [0.5, 0.6) is 0 Å². The SMILES string of the molecule is CCN1CC[C@@H](N)[C@H](O)C1. The molecule has 1 aliphatic rings. The molecule has 0 saturated carbocycles. The summed E-state index contributed by atoms with van der Waals surface area (Å²) in [5, 5.41) is 9.31. The lowest BCUT2D eigenvalue weighted by Gasteiger charge is -2.33. The van der Waals surface area contributed by atoms with Gasteiger partial charge in [0.15, 0.2) is 0 Å². The zero-order valence-corrected chi connectivity index (χ0v) is 6.45. The lowest BCUT2D eigenvalue weighted by molar-refractivity contribution is 0.0562. The second kappa shape index (κ2) is 3.32. The number of hydrogen-bond acceptors (Lipinski definition) is 3. The number of aliphatic hydroxyl groups is 1. The van der Waals surface area contributed by atoms with Crippen molar-refractivity contribution < 1.29 is 5.11 Å². The van der Waals surface area contributed by atoms with Gasteiger partial charge in [0, 0.05) is 12.6 Å². The van der Waals surface area contributed by atoms with E-state index in [1.54, 1.807) is 0 Å². The van der Waals surface area contributed by atoms with Gasteiger partial charge in [0.05, 0.1) is 6.10 Å². The average Bonchev–Trinajstić information content (AvgIpc) is 1.95. The van der Waals surface area contributed by atoms with Crippen molar-refractivity contribution >= 4 is 0 Å². The molecule has 0 bridgehead atoms. The summed E-state index contributed by atoms with van der Waals surface area (Å²) in [5.41, 5.74) is 5.62. The van der Waals surface area contributed by atoms with Gasteiger partial charge in [-0.3, -0.25) is 0 Å². The molecule has 0 aromatic rings. The molecule has 1 rings (SSSR count). The number of rotatable bonds is 1. The third-order valence-corrected chi connectivity index (χ3v) is 2.17. The Kier molecular flexibility index (Phi) is 2.65. The number of aliphatic hydroxyl groups excluding tert-OH is 1. The summed E-state index contributed by atoms with van der Waals surface area (Å²) in [7, 11) is 0. The van der Waals surface area contributed by atoms with Crippen LogP contribution < -0.4 is 5.73 Å². The van der Waals surface area contributed by atoms with Crippen LogP contribution in [0.2, 0.25) is 0 Å². The molecule has 3 heteroatoms. The molecule has 0 unspecified atom stereocenters. The first kappa shape index (κ1) is 7.98. The van der Waals surface area contributed by atoms with E-state index in [1.807, 2.05) is 0 Å². The molecule has 0 radical (unpaired) electrons. The highest BCUT2D eigenvalue weighted by Crippen LogP contribution is 2.07. The minimum atomic E-state index is -0.311. The second-order valence-electron chi connectivity index (χ2n) is 2.91. The van der Waals surface area contributed by atoms with Crippen LogP contribution in [0.3, 0.4) is 0 Å². The summed E-state index contributed by atoms with van der Waals surface area (Å²) < 4.78 is 0. The summed E-state index contributed by atoms with van der Waals surface area (Å²) in [6, 6.07) is 0.00259. The van der Waals surface area contributed by atoms with Crippen LogP contribution in [-0.4, -0.2) is 41.8 Å². The van der Waals surface area contributed by atoms with Gasteiger partial charge in [0.2, 0.25) is 0 Å². The monoisotopic (exact) mass is 144 g/mol. The maximum absolute atomic E-state index is 9.31. The van der Waals surface area contributed by atoms with Crippen LogP contribution in [0.25, 0.3) is 0 Å². The van der Waals surface area contributed by atoms with Crippen LogP contribution in [0.1, 0.15) is 13.3 Å². The summed E-state index contributed by atoms with van der Waals surface area (Å²) >= 11 is 0. The molecule has 60 valence electrons. The number of piperidine rings is 1. The standard InChI is InChI=1S/C7H16N2O/c1-2-9-4-3-6(8)7(10)5-9/h6-7,10H,2-5,8H2,1H3/t6-,7-/m1/s1. The van der Waals surface area contributed by atoms with Crippen LogP contribution in [-0.2, 0) is 0 Å². The van der Waals surface area contributed by atoms with E-state index < -0.39 is 0 Å². The second-order valence-corrected chi connectivity index (χ2v) is 2.91. The highest BCUT2D eigenvalue weighted by molar-refractivity contribution is 4.81. The molecule has 0 aliphatic carbocycles. The predicted molar refractivity (Wildman–Crippen MR) is 40.7 cm³/mol. The van der Waals surface area contributed by atoms with Crippen LogP contribution >= 0.6 is 0 Å². The molecule has 1 fully saturated rings. The van der Waals surface area contributed by atoms with Gasteiger partial charge in [-0.1, -0.05) is 6.92 Å². The van der Waals surface area contributed by atoms with Crippen molar-refractivity contribution in [2.75, 3.05) is 19.6 Å². The first-order valence-corrected chi connectivity index (χ1v) is 3.90. The lowest BCUT2D eigenvalue weighted by atomic mass is 10.0. The van der Waals surface area contributed by atoms with Crippen molar-refractivity contribution in [2.24, 2.45) is 5.73 Å². The molecule has 10 heavy (non-hydrogen) atoms. The van der Waals surface area contributed by atoms with E-state index in [1.165, 1.54) is 0 Å². The number of likely N-dealkylation sites (tertiary alicyclic amines) is 1. The van der Waals surface area contributed by atoms with Crippen molar-refractivity contribution in [3.05, 3.63) is 0 Å². The Morgan fingerprint density at radius 1 is 1.70 bits per heavy atom. The Bertz CT molecular complexity index is 108. The van der Waals surface area contributed by atoms with Gasteiger partial charge in [-0.05, 0) is 19.5 Å². The van der Waals surface area contributed by atoms with Crippen LogP contribution in [0.15, 0.2) is 0 Å². The Labute approximate surface area is 61.8 Å². The van der Waals surface area contributed by atoms with Crippen LogP contribution in [0, 0.1) is 0 Å². The van der Waals surface area contributed by atoms with Gasteiger partial charge in [0.1, 0.15) is 0 Å². The van der Waals surface area contributed by atoms with Gasteiger partial charge in [0.25, 0.3) is 0 Å². The normalized spacial score (nSPS) is 36.3. The number of β-amino-alcohol motifs (C(OH)–C–C–N with tert-alkyl or cyclic N) is 1. The molecule has 0 spiro atoms.